The van der Waals surface area contributed by atoms with Crippen molar-refractivity contribution in [2.45, 2.75) is 33.0 Å². The molecular formula is C13H18N2O5. The van der Waals surface area contributed by atoms with Crippen LogP contribution >= 0.6 is 0 Å². The number of hydroxylamine groups is 1. The Bertz CT molecular complexity index is 465. The van der Waals surface area contributed by atoms with E-state index >= 15 is 0 Å². The van der Waals surface area contributed by atoms with E-state index in [9.17, 15) is 9.59 Å². The third-order valence-corrected chi connectivity index (χ3v) is 2.02. The van der Waals surface area contributed by atoms with Crippen molar-refractivity contribution >= 4 is 12.1 Å². The molecule has 1 aromatic rings. The molecule has 1 amide bonds. The zero-order chi connectivity index (χ0) is 15.2. The van der Waals surface area contributed by atoms with Crippen molar-refractivity contribution in [3.8, 4) is 0 Å². The standard InChI is InChI=1S/C13H18N2O5/c1-13(2,3)20-12(17)15-19-8-10-6-5-9(7-14-10)11(16)18-4/h5-7H,8H2,1-4H3,(H,15,17). The highest BCUT2D eigenvalue weighted by Crippen LogP contribution is 2.07. The molecule has 0 aliphatic carbocycles. The Labute approximate surface area is 117 Å². The molecule has 20 heavy (non-hydrogen) atoms. The number of ether oxygens (including phenoxy) is 2. The SMILES string of the molecule is COC(=O)c1ccc(CONC(=O)OC(C)(C)C)nc1. The first-order valence-electron chi connectivity index (χ1n) is 5.96. The van der Waals surface area contributed by atoms with Gasteiger partial charge in [-0.3, -0.25) is 9.82 Å². The van der Waals surface area contributed by atoms with E-state index in [4.69, 9.17) is 9.57 Å². The molecule has 1 heterocycles. The van der Waals surface area contributed by atoms with Gasteiger partial charge in [-0.2, -0.15) is 5.48 Å². The van der Waals surface area contributed by atoms with E-state index in [1.54, 1.807) is 32.9 Å². The molecule has 0 aliphatic heterocycles. The van der Waals surface area contributed by atoms with Gasteiger partial charge >= 0.3 is 12.1 Å². The molecule has 0 saturated heterocycles. The van der Waals surface area contributed by atoms with Crippen molar-refractivity contribution in [2.75, 3.05) is 7.11 Å². The summed E-state index contributed by atoms with van der Waals surface area (Å²) < 4.78 is 9.54. The van der Waals surface area contributed by atoms with Crippen molar-refractivity contribution in [1.29, 1.82) is 0 Å². The third-order valence-electron chi connectivity index (χ3n) is 2.02. The Morgan fingerprint density at radius 3 is 2.50 bits per heavy atom. The Hall–Kier alpha value is -2.15. The normalized spacial score (nSPS) is 10.8. The highest BCUT2D eigenvalue weighted by atomic mass is 16.7. The van der Waals surface area contributed by atoms with Crippen LogP contribution in [0.4, 0.5) is 4.79 Å². The number of hydrogen-bond donors (Lipinski definition) is 1. The summed E-state index contributed by atoms with van der Waals surface area (Å²) in [5.74, 6) is -0.461. The molecule has 0 saturated carbocycles. The Morgan fingerprint density at radius 1 is 1.30 bits per heavy atom. The predicted molar refractivity (Wildman–Crippen MR) is 69.7 cm³/mol. The second kappa shape index (κ2) is 6.85. The summed E-state index contributed by atoms with van der Waals surface area (Å²) in [6.45, 7) is 5.31. The van der Waals surface area contributed by atoms with Gasteiger partial charge in [0.2, 0.25) is 0 Å². The highest BCUT2D eigenvalue weighted by Gasteiger charge is 2.16. The maximum atomic E-state index is 11.3. The Morgan fingerprint density at radius 2 is 2.00 bits per heavy atom. The number of aromatic nitrogens is 1. The number of hydrogen-bond acceptors (Lipinski definition) is 6. The zero-order valence-electron chi connectivity index (χ0n) is 11.9. The highest BCUT2D eigenvalue weighted by molar-refractivity contribution is 5.88. The van der Waals surface area contributed by atoms with Crippen LogP contribution in [0.15, 0.2) is 18.3 Å². The fraction of sp³-hybridized carbons (Fsp3) is 0.462. The van der Waals surface area contributed by atoms with Gasteiger partial charge < -0.3 is 9.47 Å². The van der Waals surface area contributed by atoms with Crippen molar-refractivity contribution < 1.29 is 23.9 Å². The second-order valence-corrected chi connectivity index (χ2v) is 4.92. The summed E-state index contributed by atoms with van der Waals surface area (Å²) in [6, 6.07) is 3.16. The maximum Gasteiger partial charge on any atom is 0.431 e. The van der Waals surface area contributed by atoms with Gasteiger partial charge in [0.15, 0.2) is 0 Å². The van der Waals surface area contributed by atoms with Gasteiger partial charge in [0.1, 0.15) is 12.2 Å². The monoisotopic (exact) mass is 282 g/mol. The van der Waals surface area contributed by atoms with E-state index in [0.29, 0.717) is 11.3 Å². The smallest absolute Gasteiger partial charge is 0.431 e. The van der Waals surface area contributed by atoms with Crippen molar-refractivity contribution in [1.82, 2.24) is 10.5 Å². The molecule has 0 aliphatic rings. The van der Waals surface area contributed by atoms with Crippen LogP contribution < -0.4 is 5.48 Å². The molecule has 0 atom stereocenters. The minimum Gasteiger partial charge on any atom is -0.465 e. The van der Waals surface area contributed by atoms with E-state index in [1.807, 2.05) is 0 Å². The summed E-state index contributed by atoms with van der Waals surface area (Å²) in [5.41, 5.74) is 2.45. The zero-order valence-corrected chi connectivity index (χ0v) is 11.9. The van der Waals surface area contributed by atoms with Crippen molar-refractivity contribution in [3.05, 3.63) is 29.6 Å². The second-order valence-electron chi connectivity index (χ2n) is 4.92. The molecule has 0 aromatic carbocycles. The van der Waals surface area contributed by atoms with Gasteiger partial charge in [0.05, 0.1) is 18.4 Å². The average molecular weight is 282 g/mol. The number of rotatable bonds is 4. The van der Waals surface area contributed by atoms with Crippen molar-refractivity contribution in [3.63, 3.8) is 0 Å². The summed E-state index contributed by atoms with van der Waals surface area (Å²) >= 11 is 0. The van der Waals surface area contributed by atoms with Crippen LogP contribution in [0.3, 0.4) is 0 Å². The topological polar surface area (TPSA) is 86.8 Å². The molecule has 7 nitrogen and oxygen atoms in total. The summed E-state index contributed by atoms with van der Waals surface area (Å²) in [7, 11) is 1.30. The lowest BCUT2D eigenvalue weighted by Crippen LogP contribution is -2.32. The minimum atomic E-state index is -0.677. The number of amides is 1. The van der Waals surface area contributed by atoms with Crippen LogP contribution in [0.2, 0.25) is 0 Å². The quantitative estimate of drug-likeness (QED) is 0.669. The van der Waals surface area contributed by atoms with Crippen molar-refractivity contribution in [2.24, 2.45) is 0 Å². The first kappa shape index (κ1) is 15.9. The number of carbonyl (C=O) groups excluding carboxylic acids is 2. The van der Waals surface area contributed by atoms with Gasteiger partial charge in [0.25, 0.3) is 0 Å². The Kier molecular flexibility index (Phi) is 5.45. The largest absolute Gasteiger partial charge is 0.465 e. The number of nitrogens with one attached hydrogen (secondary N) is 1. The number of esters is 1. The molecule has 1 aromatic heterocycles. The molecule has 1 rings (SSSR count). The van der Waals surface area contributed by atoms with Gasteiger partial charge in [-0.25, -0.2) is 9.59 Å². The molecule has 0 bridgehead atoms. The lowest BCUT2D eigenvalue weighted by atomic mass is 10.2. The van der Waals surface area contributed by atoms with E-state index in [2.05, 4.69) is 15.2 Å². The molecular weight excluding hydrogens is 264 g/mol. The number of carbonyl (C=O) groups is 2. The molecule has 7 heteroatoms. The van der Waals surface area contributed by atoms with E-state index in [-0.39, 0.29) is 6.61 Å². The average Bonchev–Trinajstić information content (AvgIpc) is 2.36. The lowest BCUT2D eigenvalue weighted by Gasteiger charge is -2.19. The van der Waals surface area contributed by atoms with E-state index < -0.39 is 17.7 Å². The van der Waals surface area contributed by atoms with Crippen LogP contribution in [0.5, 0.6) is 0 Å². The number of methoxy groups -OCH3 is 1. The fourth-order valence-corrected chi connectivity index (χ4v) is 1.22. The molecule has 0 unspecified atom stereocenters. The maximum absolute atomic E-state index is 11.3. The predicted octanol–water partition coefficient (Wildman–Crippen LogP) is 1.82. The van der Waals surface area contributed by atoms with Gasteiger partial charge in [0, 0.05) is 6.20 Å². The first-order chi connectivity index (χ1) is 9.31. The van der Waals surface area contributed by atoms with Crippen LogP contribution in [0.1, 0.15) is 36.8 Å². The van der Waals surface area contributed by atoms with Crippen LogP contribution in [-0.2, 0) is 20.9 Å². The van der Waals surface area contributed by atoms with Gasteiger partial charge in [-0.1, -0.05) is 0 Å². The molecule has 1 N–H and O–H groups in total. The lowest BCUT2D eigenvalue weighted by molar-refractivity contribution is -0.0144. The summed E-state index contributed by atoms with van der Waals surface area (Å²) in [4.78, 5) is 31.4. The third kappa shape index (κ3) is 5.66. The molecule has 0 spiro atoms. The summed E-state index contributed by atoms with van der Waals surface area (Å²) in [6.07, 6.45) is 0.696. The number of pyridine rings is 1. The minimum absolute atomic E-state index is 0.0562. The van der Waals surface area contributed by atoms with E-state index in [0.717, 1.165) is 0 Å². The Balaban J connectivity index is 2.39. The molecule has 0 radical (unpaired) electrons. The van der Waals surface area contributed by atoms with Crippen LogP contribution in [-0.4, -0.2) is 29.8 Å². The molecule has 110 valence electrons. The molecule has 0 fully saturated rings. The van der Waals surface area contributed by atoms with Gasteiger partial charge in [-0.15, -0.1) is 0 Å². The van der Waals surface area contributed by atoms with Crippen LogP contribution in [0, 0.1) is 0 Å². The fourth-order valence-electron chi connectivity index (χ4n) is 1.22. The summed E-state index contributed by atoms with van der Waals surface area (Å²) in [5, 5.41) is 0. The van der Waals surface area contributed by atoms with Gasteiger partial charge in [-0.05, 0) is 32.9 Å². The van der Waals surface area contributed by atoms with E-state index in [1.165, 1.54) is 13.3 Å². The number of nitrogens with zero attached hydrogens (tertiary/aromatic N) is 1. The first-order valence-corrected chi connectivity index (χ1v) is 5.96. The van der Waals surface area contributed by atoms with Crippen LogP contribution in [0.25, 0.3) is 0 Å².